The molecule has 23 heavy (non-hydrogen) atoms. The molecule has 124 valence electrons. The third-order valence-corrected chi connectivity index (χ3v) is 3.95. The van der Waals surface area contributed by atoms with Gasteiger partial charge in [-0.25, -0.2) is 0 Å². The van der Waals surface area contributed by atoms with Crippen LogP contribution in [-0.4, -0.2) is 42.6 Å². The third kappa shape index (κ3) is 4.53. The van der Waals surface area contributed by atoms with Gasteiger partial charge in [-0.05, 0) is 37.1 Å². The zero-order valence-corrected chi connectivity index (χ0v) is 12.9. The molecule has 0 bridgehead atoms. The smallest absolute Gasteiger partial charge is 0.322 e. The summed E-state index contributed by atoms with van der Waals surface area (Å²) in [7, 11) is 0. The average Bonchev–Trinajstić information content (AvgIpc) is 2.54. The summed E-state index contributed by atoms with van der Waals surface area (Å²) in [5, 5.41) is 13.7. The van der Waals surface area contributed by atoms with Gasteiger partial charge in [0.05, 0.1) is 5.41 Å². The van der Waals surface area contributed by atoms with Gasteiger partial charge in [0.15, 0.2) is 0 Å². The van der Waals surface area contributed by atoms with Gasteiger partial charge in [-0.15, -0.1) is 0 Å². The summed E-state index contributed by atoms with van der Waals surface area (Å²) in [6.45, 7) is 2.63. The van der Waals surface area contributed by atoms with Crippen LogP contribution in [0.15, 0.2) is 24.3 Å². The van der Waals surface area contributed by atoms with E-state index in [9.17, 15) is 14.4 Å². The molecule has 7 heteroatoms. The first kappa shape index (κ1) is 17.0. The molecule has 1 aromatic rings. The van der Waals surface area contributed by atoms with Crippen LogP contribution in [0.1, 0.15) is 30.1 Å². The molecule has 1 saturated heterocycles. The minimum atomic E-state index is -1.10. The number of rotatable bonds is 5. The predicted molar refractivity (Wildman–Crippen MR) is 83.2 cm³/mol. The minimum absolute atomic E-state index is 0.0659. The molecule has 0 spiro atoms. The molecular weight excluding hydrogens is 300 g/mol. The van der Waals surface area contributed by atoms with Gasteiger partial charge < -0.3 is 20.5 Å². The summed E-state index contributed by atoms with van der Waals surface area (Å²) in [4.78, 5) is 34.5. The van der Waals surface area contributed by atoms with Gasteiger partial charge in [0.25, 0.3) is 5.91 Å². The van der Waals surface area contributed by atoms with E-state index in [4.69, 9.17) is 9.84 Å². The van der Waals surface area contributed by atoms with Crippen molar-refractivity contribution in [2.24, 2.45) is 5.41 Å². The van der Waals surface area contributed by atoms with Crippen molar-refractivity contribution in [3.05, 3.63) is 29.8 Å². The van der Waals surface area contributed by atoms with E-state index >= 15 is 0 Å². The molecule has 1 aromatic carbocycles. The molecule has 1 heterocycles. The van der Waals surface area contributed by atoms with Gasteiger partial charge in [0.1, 0.15) is 6.54 Å². The van der Waals surface area contributed by atoms with Crippen molar-refractivity contribution >= 4 is 23.5 Å². The van der Waals surface area contributed by atoms with E-state index in [2.05, 4.69) is 10.6 Å². The number of hydrogen-bond acceptors (Lipinski definition) is 4. The second kappa shape index (κ2) is 7.23. The normalized spacial score (nSPS) is 16.4. The lowest BCUT2D eigenvalue weighted by molar-refractivity contribution is -0.135. The fourth-order valence-electron chi connectivity index (χ4n) is 2.29. The Morgan fingerprint density at radius 1 is 1.17 bits per heavy atom. The second-order valence-electron chi connectivity index (χ2n) is 5.78. The van der Waals surface area contributed by atoms with E-state index in [1.165, 1.54) is 0 Å². The number of ether oxygens (including phenoxy) is 1. The van der Waals surface area contributed by atoms with E-state index in [1.807, 2.05) is 6.92 Å². The van der Waals surface area contributed by atoms with E-state index < -0.39 is 23.8 Å². The summed E-state index contributed by atoms with van der Waals surface area (Å²) in [6.07, 6.45) is 1.35. The minimum Gasteiger partial charge on any atom is -0.480 e. The Labute approximate surface area is 134 Å². The molecule has 3 N–H and O–H groups in total. The van der Waals surface area contributed by atoms with Crippen molar-refractivity contribution in [1.82, 2.24) is 5.32 Å². The summed E-state index contributed by atoms with van der Waals surface area (Å²) >= 11 is 0. The molecule has 0 aromatic heterocycles. The number of amides is 2. The summed E-state index contributed by atoms with van der Waals surface area (Å²) in [5.41, 5.74) is 0.481. The zero-order valence-electron chi connectivity index (χ0n) is 12.9. The molecule has 0 unspecified atom stereocenters. The maximum atomic E-state index is 12.4. The SMILES string of the molecule is CC1(C(=O)Nc2ccc(C(=O)NCC(=O)O)cc2)CCOCC1. The van der Waals surface area contributed by atoms with E-state index in [1.54, 1.807) is 24.3 Å². The van der Waals surface area contributed by atoms with Gasteiger partial charge in [-0.2, -0.15) is 0 Å². The number of hydrogen-bond donors (Lipinski definition) is 3. The van der Waals surface area contributed by atoms with Gasteiger partial charge in [0, 0.05) is 24.5 Å². The molecule has 0 atom stereocenters. The van der Waals surface area contributed by atoms with E-state index in [0.29, 0.717) is 37.3 Å². The highest BCUT2D eigenvalue weighted by molar-refractivity contribution is 5.98. The van der Waals surface area contributed by atoms with Crippen LogP contribution in [0.2, 0.25) is 0 Å². The van der Waals surface area contributed by atoms with Crippen LogP contribution in [0.25, 0.3) is 0 Å². The van der Waals surface area contributed by atoms with E-state index in [-0.39, 0.29) is 5.91 Å². The lowest BCUT2D eigenvalue weighted by Crippen LogP contribution is -2.38. The molecule has 2 amide bonds. The van der Waals surface area contributed by atoms with Crippen LogP contribution in [0.4, 0.5) is 5.69 Å². The van der Waals surface area contributed by atoms with Gasteiger partial charge >= 0.3 is 5.97 Å². The van der Waals surface area contributed by atoms with Crippen LogP contribution < -0.4 is 10.6 Å². The molecule has 7 nitrogen and oxygen atoms in total. The number of aliphatic carboxylic acids is 1. The maximum absolute atomic E-state index is 12.4. The lowest BCUT2D eigenvalue weighted by atomic mass is 9.81. The molecule has 1 aliphatic rings. The highest BCUT2D eigenvalue weighted by Gasteiger charge is 2.35. The molecule has 1 aliphatic heterocycles. The first-order chi connectivity index (χ1) is 10.9. The maximum Gasteiger partial charge on any atom is 0.322 e. The predicted octanol–water partition coefficient (Wildman–Crippen LogP) is 1.26. The third-order valence-electron chi connectivity index (χ3n) is 3.95. The van der Waals surface area contributed by atoms with Crippen molar-refractivity contribution in [2.45, 2.75) is 19.8 Å². The Morgan fingerprint density at radius 3 is 2.35 bits per heavy atom. The number of carboxylic acids is 1. The highest BCUT2D eigenvalue weighted by Crippen LogP contribution is 2.31. The van der Waals surface area contributed by atoms with Gasteiger partial charge in [0.2, 0.25) is 5.91 Å². The van der Waals surface area contributed by atoms with Crippen molar-refractivity contribution < 1.29 is 24.2 Å². The fourth-order valence-corrected chi connectivity index (χ4v) is 2.29. The first-order valence-corrected chi connectivity index (χ1v) is 7.40. The molecule has 1 fully saturated rings. The number of carbonyl (C=O) groups is 3. The second-order valence-corrected chi connectivity index (χ2v) is 5.78. The Morgan fingerprint density at radius 2 is 1.78 bits per heavy atom. The molecular formula is C16H20N2O5. The van der Waals surface area contributed by atoms with Crippen LogP contribution >= 0.6 is 0 Å². The largest absolute Gasteiger partial charge is 0.480 e. The standard InChI is InChI=1S/C16H20N2O5/c1-16(6-8-23-9-7-16)15(22)18-12-4-2-11(3-5-12)14(21)17-10-13(19)20/h2-5H,6-10H2,1H3,(H,17,21)(H,18,22)(H,19,20). The number of anilines is 1. The topological polar surface area (TPSA) is 105 Å². The zero-order chi connectivity index (χ0) is 16.9. The van der Waals surface area contributed by atoms with Crippen molar-refractivity contribution in [2.75, 3.05) is 25.1 Å². The van der Waals surface area contributed by atoms with Crippen LogP contribution in [0, 0.1) is 5.41 Å². The number of nitrogens with one attached hydrogen (secondary N) is 2. The highest BCUT2D eigenvalue weighted by atomic mass is 16.5. The van der Waals surface area contributed by atoms with Crippen LogP contribution in [-0.2, 0) is 14.3 Å². The van der Waals surface area contributed by atoms with E-state index in [0.717, 1.165) is 0 Å². The molecule has 0 saturated carbocycles. The van der Waals surface area contributed by atoms with Crippen molar-refractivity contribution in [1.29, 1.82) is 0 Å². The Bertz CT molecular complexity index is 591. The van der Waals surface area contributed by atoms with Crippen LogP contribution in [0.5, 0.6) is 0 Å². The Kier molecular flexibility index (Phi) is 5.33. The molecule has 0 aliphatic carbocycles. The Hall–Kier alpha value is -2.41. The summed E-state index contributed by atoms with van der Waals surface area (Å²) in [6, 6.07) is 6.32. The quantitative estimate of drug-likeness (QED) is 0.757. The number of benzene rings is 1. The Balaban J connectivity index is 1.95. The first-order valence-electron chi connectivity index (χ1n) is 7.40. The van der Waals surface area contributed by atoms with Crippen LogP contribution in [0.3, 0.4) is 0 Å². The summed E-state index contributed by atoms with van der Waals surface area (Å²) < 4.78 is 5.28. The fraction of sp³-hybridized carbons (Fsp3) is 0.438. The lowest BCUT2D eigenvalue weighted by Gasteiger charge is -2.31. The molecule has 0 radical (unpaired) electrons. The monoisotopic (exact) mass is 320 g/mol. The molecule has 2 rings (SSSR count). The number of carboxylic acid groups (broad SMARTS) is 1. The number of carbonyl (C=O) groups excluding carboxylic acids is 2. The van der Waals surface area contributed by atoms with Gasteiger partial charge in [-0.1, -0.05) is 6.92 Å². The average molecular weight is 320 g/mol. The van der Waals surface area contributed by atoms with Crippen molar-refractivity contribution in [3.63, 3.8) is 0 Å². The van der Waals surface area contributed by atoms with Crippen molar-refractivity contribution in [3.8, 4) is 0 Å². The van der Waals surface area contributed by atoms with Gasteiger partial charge in [-0.3, -0.25) is 14.4 Å². The summed E-state index contributed by atoms with van der Waals surface area (Å²) in [5.74, 6) is -1.64.